The number of unbranched alkanes of at least 4 members (excludes halogenated alkanes) is 3. The summed E-state index contributed by atoms with van der Waals surface area (Å²) in [7, 11) is -13.3. The van der Waals surface area contributed by atoms with Crippen molar-refractivity contribution < 1.29 is 111 Å². The first-order chi connectivity index (χ1) is 52.2. The maximum Gasteiger partial charge on any atom is 0.340 e. The van der Waals surface area contributed by atoms with Crippen molar-refractivity contribution in [2.24, 2.45) is 0 Å². The molecular weight excluding hydrogens is 1490 g/mol. The average molecular weight is 1570 g/mol. The number of rotatable bonds is 36. The smallest absolute Gasteiger partial charge is 0.340 e. The van der Waals surface area contributed by atoms with E-state index in [9.17, 15) is 83.0 Å². The quantitative estimate of drug-likeness (QED) is 0.00345. The van der Waals surface area contributed by atoms with Crippen molar-refractivity contribution in [1.29, 1.82) is 0 Å². The van der Waals surface area contributed by atoms with Gasteiger partial charge in [-0.05, 0) is 161 Å². The van der Waals surface area contributed by atoms with E-state index < -0.39 is 98.1 Å². The van der Waals surface area contributed by atoms with E-state index in [1.807, 2.05) is 44.2 Å². The number of carboxylic acids is 1. The third-order valence-electron chi connectivity index (χ3n) is 20.6. The molecule has 8 N–H and O–H groups in total. The number of carbonyl (C=O) groups is 6. The van der Waals surface area contributed by atoms with Crippen molar-refractivity contribution in [2.75, 3.05) is 63.4 Å². The summed E-state index contributed by atoms with van der Waals surface area (Å²) in [6.45, 7) is 6.62. The fraction of sp³-hybridized carbons (Fsp3) is 0.372. The first-order valence-corrected chi connectivity index (χ1v) is 40.2. The Labute approximate surface area is 636 Å². The molecule has 0 aromatic heterocycles. The number of ether oxygens (including phenoxy) is 5. The molecule has 4 heterocycles. The summed E-state index contributed by atoms with van der Waals surface area (Å²) in [5.41, 5.74) is 3.94. The van der Waals surface area contributed by atoms with Gasteiger partial charge in [-0.1, -0.05) is 56.3 Å². The topological polar surface area (TPSA) is 409 Å². The molecule has 5 aliphatic rings. The molecule has 0 saturated carbocycles. The van der Waals surface area contributed by atoms with E-state index in [0.717, 1.165) is 28.1 Å². The van der Waals surface area contributed by atoms with Crippen molar-refractivity contribution in [2.45, 2.75) is 137 Å². The van der Waals surface area contributed by atoms with Crippen LogP contribution in [0.25, 0.3) is 0 Å². The number of phenols is 2. The van der Waals surface area contributed by atoms with Gasteiger partial charge in [0, 0.05) is 97.1 Å². The van der Waals surface area contributed by atoms with Crippen LogP contribution in [0.4, 0.5) is 11.4 Å². The standard InChI is InChI=1S/C78H86N6O23S3/c1-76(2)59-19-9-10-20-63(59)83(39-12-13-40-108(94,95)96)67(76)34-22-50-15-14-16-51(72(50)105-52-24-26-53(27-25-52)109(97,98)99)23-35-68-77(3,4)62-41-54(110(100,101)102)28-31-64(62)84(68)38-11-5-6-21-69(89)79-36-37-80-70(90)44-81(45-71(91)92)42-56-65(87)32-29-60-73(56)106-74-57(43-82(46-103-48-85)47-104-49-86)66(88)33-30-61(74)78(60)58-18-8-7-17-55(58)75(93)107-78/h7-10,17-20,22-33,35,41,48-49,67H,5-6,11-16,21,34,36-40,42-47H2,1-4H3,(H7-,79,80,87,88,89,90,91,92,94,95,96,97,98,99,100,101,102)/p+1. The maximum atomic E-state index is 13.8. The van der Waals surface area contributed by atoms with Gasteiger partial charge in [-0.3, -0.25) is 42.5 Å². The number of fused-ring (bicyclic) bond motifs is 8. The fourth-order valence-corrected chi connectivity index (χ4v) is 16.9. The molecule has 0 fully saturated rings. The van der Waals surface area contributed by atoms with Gasteiger partial charge in [0.1, 0.15) is 54.5 Å². The van der Waals surface area contributed by atoms with E-state index in [1.54, 1.807) is 30.3 Å². The van der Waals surface area contributed by atoms with Gasteiger partial charge in [-0.15, -0.1) is 0 Å². The predicted molar refractivity (Wildman–Crippen MR) is 400 cm³/mol. The summed E-state index contributed by atoms with van der Waals surface area (Å²) in [6, 6.07) is 30.0. The molecule has 584 valence electrons. The third kappa shape index (κ3) is 17.8. The molecule has 2 atom stereocenters. The molecule has 11 rings (SSSR count). The Balaban J connectivity index is 0.769. The number of carboxylic acid groups (broad SMARTS) is 1. The summed E-state index contributed by atoms with van der Waals surface area (Å²) in [5.74, 6) is -3.46. The molecule has 1 aliphatic carbocycles. The molecule has 6 aromatic rings. The van der Waals surface area contributed by atoms with Crippen LogP contribution in [0.5, 0.6) is 28.7 Å². The van der Waals surface area contributed by atoms with Crippen LogP contribution in [-0.2, 0) is 98.1 Å². The number of benzene rings is 6. The molecule has 6 aromatic carbocycles. The minimum atomic E-state index is -4.62. The number of nitrogens with one attached hydrogen (secondary N) is 2. The van der Waals surface area contributed by atoms with Crippen LogP contribution < -0.4 is 25.0 Å². The van der Waals surface area contributed by atoms with Gasteiger partial charge in [-0.2, -0.15) is 29.8 Å². The van der Waals surface area contributed by atoms with Crippen LogP contribution in [0.15, 0.2) is 160 Å². The molecule has 0 bridgehead atoms. The van der Waals surface area contributed by atoms with Crippen molar-refractivity contribution >= 4 is 84.1 Å². The lowest BCUT2D eigenvalue weighted by Gasteiger charge is -2.39. The Morgan fingerprint density at radius 2 is 1.29 bits per heavy atom. The van der Waals surface area contributed by atoms with E-state index in [-0.39, 0.29) is 123 Å². The number of hydrogen-bond acceptors (Lipinski definition) is 22. The van der Waals surface area contributed by atoms with E-state index in [4.69, 9.17) is 23.7 Å². The van der Waals surface area contributed by atoms with E-state index in [0.29, 0.717) is 92.8 Å². The van der Waals surface area contributed by atoms with Crippen LogP contribution in [0.2, 0.25) is 0 Å². The lowest BCUT2D eigenvalue weighted by Crippen LogP contribution is -2.42. The van der Waals surface area contributed by atoms with Gasteiger partial charge in [-0.25, -0.2) is 9.69 Å². The average Bonchev–Trinajstić information content (AvgIpc) is 1.44. The number of aliphatic carboxylic acids is 1. The number of hydrogen-bond donors (Lipinski definition) is 8. The Hall–Kier alpha value is -10.3. The highest BCUT2D eigenvalue weighted by atomic mass is 32.2. The molecule has 0 saturated heterocycles. The second-order valence-electron chi connectivity index (χ2n) is 28.6. The number of carbonyl (C=O) groups excluding carboxylic acids is 5. The first kappa shape index (κ1) is 80.7. The van der Waals surface area contributed by atoms with Crippen LogP contribution >= 0.6 is 0 Å². The minimum absolute atomic E-state index is 0.00604. The molecule has 110 heavy (non-hydrogen) atoms. The molecule has 29 nitrogen and oxygen atoms in total. The van der Waals surface area contributed by atoms with Gasteiger partial charge in [0.2, 0.25) is 17.5 Å². The zero-order chi connectivity index (χ0) is 79.1. The highest BCUT2D eigenvalue weighted by Crippen LogP contribution is 2.60. The molecule has 1 spiro atoms. The number of phenolic OH excluding ortho intramolecular Hbond substituents is 2. The number of allylic oxidation sites excluding steroid dienone is 4. The van der Waals surface area contributed by atoms with E-state index >= 15 is 0 Å². The largest absolute Gasteiger partial charge is 0.507 e. The molecule has 32 heteroatoms. The maximum absolute atomic E-state index is 13.8. The number of aromatic hydroxyl groups is 2. The normalized spacial score (nSPS) is 17.9. The molecule has 2 unspecified atom stereocenters. The second kappa shape index (κ2) is 33.5. The summed E-state index contributed by atoms with van der Waals surface area (Å²) in [5, 5.41) is 38.7. The summed E-state index contributed by atoms with van der Waals surface area (Å²) < 4.78 is 134. The SMILES string of the molecule is CC1(C)C(C=CC2=C(Oc3ccc(S(=O)(=O)O)cc3)C(=CCC3N(CCCCS(=O)(=O)O)c4ccccc4C3(C)C)CCC2)=[N+](CCCCCC(=O)NCCNC(=O)CN(CC(=O)O)Cc2c(O)ccc3c2Oc2c(ccc(O)c2CN(COC=O)COC=O)C32OC(=O)c3ccccc32)c2ccc(S(=O)(=O)O)cc21. The lowest BCUT2D eigenvalue weighted by atomic mass is 9.76. The Bertz CT molecular complexity index is 5060. The monoisotopic (exact) mass is 1570 g/mol. The van der Waals surface area contributed by atoms with Crippen LogP contribution in [0.3, 0.4) is 0 Å². The van der Waals surface area contributed by atoms with Crippen LogP contribution in [0.1, 0.15) is 141 Å². The Morgan fingerprint density at radius 1 is 0.673 bits per heavy atom. The highest BCUT2D eigenvalue weighted by Gasteiger charge is 2.55. The van der Waals surface area contributed by atoms with Crippen LogP contribution in [-0.4, -0.2) is 176 Å². The molecule has 4 aliphatic heterocycles. The van der Waals surface area contributed by atoms with Gasteiger partial charge in [0.15, 0.2) is 11.3 Å². The number of esters is 1. The molecule has 0 radical (unpaired) electrons. The number of nitrogens with zero attached hydrogens (tertiary/aromatic N) is 4. The molecular formula is C78H87N6O23S3+. The van der Waals surface area contributed by atoms with Gasteiger partial charge < -0.3 is 54.5 Å². The van der Waals surface area contributed by atoms with Crippen molar-refractivity contribution in [3.63, 3.8) is 0 Å². The predicted octanol–water partition coefficient (Wildman–Crippen LogP) is 9.20. The number of anilines is 1. The third-order valence-corrected chi connectivity index (χ3v) is 23.1. The minimum Gasteiger partial charge on any atom is -0.507 e. The van der Waals surface area contributed by atoms with Crippen molar-refractivity contribution in [1.82, 2.24) is 20.4 Å². The lowest BCUT2D eigenvalue weighted by molar-refractivity contribution is -0.438. The molecule has 2 amide bonds. The van der Waals surface area contributed by atoms with Gasteiger partial charge >= 0.3 is 11.9 Å². The highest BCUT2D eigenvalue weighted by molar-refractivity contribution is 7.86. The van der Waals surface area contributed by atoms with E-state index in [2.05, 4.69) is 46.1 Å². The summed E-state index contributed by atoms with van der Waals surface area (Å²) >= 11 is 0. The Morgan fingerprint density at radius 3 is 1.93 bits per heavy atom. The van der Waals surface area contributed by atoms with Crippen LogP contribution in [0, 0.1) is 0 Å². The second-order valence-corrected chi connectivity index (χ2v) is 33.0. The number of amides is 2. The zero-order valence-electron chi connectivity index (χ0n) is 60.9. The Kier molecular flexibility index (Phi) is 24.6. The first-order valence-electron chi connectivity index (χ1n) is 35.7. The van der Waals surface area contributed by atoms with Crippen molar-refractivity contribution in [3.05, 3.63) is 195 Å². The van der Waals surface area contributed by atoms with Gasteiger partial charge in [0.05, 0.1) is 50.7 Å². The number of para-hydroxylation sites is 1. The fourth-order valence-electron chi connectivity index (χ4n) is 15.3. The summed E-state index contributed by atoms with van der Waals surface area (Å²) in [6.07, 6.45) is 10.9. The zero-order valence-corrected chi connectivity index (χ0v) is 63.4. The van der Waals surface area contributed by atoms with Gasteiger partial charge in [0.25, 0.3) is 43.3 Å². The van der Waals surface area contributed by atoms with E-state index in [1.165, 1.54) is 70.5 Å². The summed E-state index contributed by atoms with van der Waals surface area (Å²) in [4.78, 5) is 80.0. The van der Waals surface area contributed by atoms with Crippen molar-refractivity contribution in [3.8, 4) is 28.7 Å².